The lowest BCUT2D eigenvalue weighted by molar-refractivity contribution is -0.384. The number of piperazine rings is 1. The number of likely N-dealkylation sites (tertiary alicyclic amines) is 1. The quantitative estimate of drug-likeness (QED) is 0.630. The molecule has 2 saturated heterocycles. The summed E-state index contributed by atoms with van der Waals surface area (Å²) in [5.41, 5.74) is 0.141. The van der Waals surface area contributed by atoms with Crippen LogP contribution in [0, 0.1) is 10.1 Å². The minimum atomic E-state index is -4.25. The summed E-state index contributed by atoms with van der Waals surface area (Å²) in [6.45, 7) is 1.11. The molecule has 0 radical (unpaired) electrons. The van der Waals surface area contributed by atoms with Gasteiger partial charge in [0, 0.05) is 49.3 Å². The van der Waals surface area contributed by atoms with E-state index in [-0.39, 0.29) is 30.9 Å². The molecule has 10 heteroatoms. The number of nitrogens with zero attached hydrogens (tertiary/aromatic N) is 3. The van der Waals surface area contributed by atoms with E-state index < -0.39 is 23.2 Å². The van der Waals surface area contributed by atoms with Crippen LogP contribution in [0.4, 0.5) is 24.5 Å². The third-order valence-corrected chi connectivity index (χ3v) is 5.66. The molecule has 1 aromatic carbocycles. The number of hydrogen-bond donors (Lipinski definition) is 1. The third-order valence-electron chi connectivity index (χ3n) is 5.66. The molecule has 7 nitrogen and oxygen atoms in total. The fourth-order valence-corrected chi connectivity index (χ4v) is 4.47. The Hall–Kier alpha value is -2.07. The van der Waals surface area contributed by atoms with Gasteiger partial charge in [-0.05, 0) is 13.3 Å². The van der Waals surface area contributed by atoms with Crippen molar-refractivity contribution in [2.75, 3.05) is 31.1 Å². The minimum absolute atomic E-state index is 0.0746. The van der Waals surface area contributed by atoms with E-state index in [1.807, 2.05) is 4.90 Å². The Bertz CT molecular complexity index is 787. The molecule has 1 N–H and O–H groups in total. The fourth-order valence-electron chi connectivity index (χ4n) is 4.47. The number of hydrogen-bond acceptors (Lipinski definition) is 6. The number of benzene rings is 1. The monoisotopic (exact) mass is 387 g/mol. The van der Waals surface area contributed by atoms with Gasteiger partial charge in [-0.1, -0.05) is 0 Å². The summed E-state index contributed by atoms with van der Waals surface area (Å²) in [7, 11) is 0. The Labute approximate surface area is 153 Å². The van der Waals surface area contributed by atoms with Crippen LogP contribution in [-0.4, -0.2) is 65.0 Å². The molecule has 1 aromatic rings. The van der Waals surface area contributed by atoms with E-state index in [0.29, 0.717) is 36.4 Å². The minimum Gasteiger partial charge on any atom is -0.484 e. The fraction of sp³-hybridized carbons (Fsp3) is 0.647. The number of alkyl halides is 3. The van der Waals surface area contributed by atoms with E-state index in [2.05, 4.69) is 0 Å². The van der Waals surface area contributed by atoms with E-state index in [9.17, 15) is 28.4 Å². The first-order valence-electron chi connectivity index (χ1n) is 8.77. The van der Waals surface area contributed by atoms with Gasteiger partial charge in [0.05, 0.1) is 18.1 Å². The summed E-state index contributed by atoms with van der Waals surface area (Å²) in [6, 6.07) is 2.60. The number of nitro benzene ring substituents is 1. The van der Waals surface area contributed by atoms with Gasteiger partial charge in [0.1, 0.15) is 17.0 Å². The Morgan fingerprint density at radius 3 is 2.67 bits per heavy atom. The van der Waals surface area contributed by atoms with Crippen LogP contribution in [0.3, 0.4) is 0 Å². The van der Waals surface area contributed by atoms with Gasteiger partial charge in [-0.15, -0.1) is 0 Å². The molecule has 27 heavy (non-hydrogen) atoms. The molecule has 1 unspecified atom stereocenters. The first-order chi connectivity index (χ1) is 12.6. The molecule has 0 spiro atoms. The van der Waals surface area contributed by atoms with Crippen LogP contribution in [0.15, 0.2) is 12.1 Å². The predicted octanol–water partition coefficient (Wildman–Crippen LogP) is 2.11. The first kappa shape index (κ1) is 18.3. The number of fused-ring (bicyclic) bond motifs is 3. The first-order valence-corrected chi connectivity index (χ1v) is 8.77. The number of nitro groups is 1. The highest BCUT2D eigenvalue weighted by Gasteiger charge is 2.48. The molecule has 0 aliphatic carbocycles. The number of rotatable bonds is 4. The molecular formula is C17H20F3N3O4. The normalized spacial score (nSPS) is 29.9. The smallest absolute Gasteiger partial charge is 0.401 e. The molecule has 3 aliphatic rings. The van der Waals surface area contributed by atoms with Gasteiger partial charge >= 0.3 is 6.18 Å². The Morgan fingerprint density at radius 2 is 2.11 bits per heavy atom. The van der Waals surface area contributed by atoms with Gasteiger partial charge in [-0.25, -0.2) is 0 Å². The Balaban J connectivity index is 1.61. The highest BCUT2D eigenvalue weighted by Crippen LogP contribution is 2.45. The van der Waals surface area contributed by atoms with Crippen LogP contribution in [0.2, 0.25) is 0 Å². The van der Waals surface area contributed by atoms with Crippen LogP contribution in [-0.2, 0) is 6.42 Å². The van der Waals surface area contributed by atoms with E-state index in [0.717, 1.165) is 0 Å². The molecule has 3 heterocycles. The van der Waals surface area contributed by atoms with Crippen molar-refractivity contribution in [3.8, 4) is 5.75 Å². The van der Waals surface area contributed by atoms with Gasteiger partial charge in [-0.3, -0.25) is 15.0 Å². The summed E-state index contributed by atoms with van der Waals surface area (Å²) in [4.78, 5) is 14.4. The van der Waals surface area contributed by atoms with Crippen molar-refractivity contribution in [1.29, 1.82) is 0 Å². The van der Waals surface area contributed by atoms with Crippen molar-refractivity contribution in [2.45, 2.75) is 43.6 Å². The average molecular weight is 387 g/mol. The van der Waals surface area contributed by atoms with Crippen molar-refractivity contribution in [1.82, 2.24) is 4.90 Å². The van der Waals surface area contributed by atoms with Crippen LogP contribution in [0.1, 0.15) is 18.9 Å². The summed E-state index contributed by atoms with van der Waals surface area (Å²) >= 11 is 0. The largest absolute Gasteiger partial charge is 0.484 e. The standard InChI is InChI=1S/C17H20F3N3O4/c1-16(9-24)5-10-2-14(23(25)26)13(4-15(10)27-16)22-7-11-3-12(22)6-21(11)8-17(18,19)20/h2,4,11-12,24H,3,5-9H2,1H3/t11-,12-,16?/m0/s1. The molecule has 0 amide bonds. The van der Waals surface area contributed by atoms with Crippen molar-refractivity contribution in [3.05, 3.63) is 27.8 Å². The average Bonchev–Trinajstić information content (AvgIpc) is 3.22. The summed E-state index contributed by atoms with van der Waals surface area (Å²) < 4.78 is 43.9. The summed E-state index contributed by atoms with van der Waals surface area (Å²) in [6.07, 6.45) is -3.33. The number of aliphatic hydroxyl groups excluding tert-OH is 1. The molecule has 0 aromatic heterocycles. The third kappa shape index (κ3) is 3.20. The van der Waals surface area contributed by atoms with Crippen LogP contribution in [0.5, 0.6) is 5.75 Å². The van der Waals surface area contributed by atoms with E-state index >= 15 is 0 Å². The van der Waals surface area contributed by atoms with Crippen molar-refractivity contribution in [3.63, 3.8) is 0 Å². The van der Waals surface area contributed by atoms with E-state index in [4.69, 9.17) is 4.74 Å². The SMILES string of the molecule is CC1(CO)Cc2cc([N+](=O)[O-])c(N3C[C@@H]4C[C@H]3CN4CC(F)(F)F)cc2O1. The van der Waals surface area contributed by atoms with Gasteiger partial charge in [0.15, 0.2) is 0 Å². The summed E-state index contributed by atoms with van der Waals surface area (Å²) in [5.74, 6) is 0.488. The van der Waals surface area contributed by atoms with Crippen LogP contribution in [0.25, 0.3) is 0 Å². The number of halogens is 3. The predicted molar refractivity (Wildman–Crippen MR) is 90.1 cm³/mol. The second-order valence-electron chi connectivity index (χ2n) is 7.83. The lowest BCUT2D eigenvalue weighted by Crippen LogP contribution is -2.49. The molecule has 2 bridgehead atoms. The van der Waals surface area contributed by atoms with Crippen LogP contribution >= 0.6 is 0 Å². The maximum Gasteiger partial charge on any atom is 0.401 e. The summed E-state index contributed by atoms with van der Waals surface area (Å²) in [5, 5.41) is 21.1. The van der Waals surface area contributed by atoms with E-state index in [1.165, 1.54) is 11.0 Å². The Morgan fingerprint density at radius 1 is 1.37 bits per heavy atom. The molecule has 3 atom stereocenters. The van der Waals surface area contributed by atoms with Gasteiger partial charge < -0.3 is 14.7 Å². The molecule has 3 aliphatic heterocycles. The highest BCUT2D eigenvalue weighted by atomic mass is 19.4. The van der Waals surface area contributed by atoms with Gasteiger partial charge in [0.25, 0.3) is 5.69 Å². The zero-order chi connectivity index (χ0) is 19.6. The van der Waals surface area contributed by atoms with Gasteiger partial charge in [-0.2, -0.15) is 13.2 Å². The van der Waals surface area contributed by atoms with Crippen LogP contribution < -0.4 is 9.64 Å². The van der Waals surface area contributed by atoms with Crippen molar-refractivity contribution < 1.29 is 27.9 Å². The van der Waals surface area contributed by atoms with Gasteiger partial charge in [0.2, 0.25) is 0 Å². The number of anilines is 1. The second-order valence-corrected chi connectivity index (χ2v) is 7.83. The van der Waals surface area contributed by atoms with Crippen molar-refractivity contribution in [2.24, 2.45) is 0 Å². The lowest BCUT2D eigenvalue weighted by Gasteiger charge is -2.35. The molecule has 148 valence electrons. The second kappa shape index (κ2) is 5.96. The molecule has 4 rings (SSSR count). The number of ether oxygens (including phenoxy) is 1. The molecule has 0 saturated carbocycles. The lowest BCUT2D eigenvalue weighted by atomic mass is 9.99. The molecule has 2 fully saturated rings. The highest BCUT2D eigenvalue weighted by molar-refractivity contribution is 5.70. The van der Waals surface area contributed by atoms with Crippen molar-refractivity contribution >= 4 is 11.4 Å². The zero-order valence-electron chi connectivity index (χ0n) is 14.7. The maximum absolute atomic E-state index is 12.7. The Kier molecular flexibility index (Phi) is 4.04. The molecular weight excluding hydrogens is 367 g/mol. The number of aliphatic hydroxyl groups is 1. The van der Waals surface area contributed by atoms with E-state index in [1.54, 1.807) is 13.0 Å². The zero-order valence-corrected chi connectivity index (χ0v) is 14.7. The maximum atomic E-state index is 12.7. The topological polar surface area (TPSA) is 79.1 Å².